The molecule has 1 aliphatic rings. The first-order chi connectivity index (χ1) is 8.81. The van der Waals surface area contributed by atoms with E-state index in [0.717, 1.165) is 25.1 Å². The molecule has 2 aromatic rings. The number of aromatic amines is 1. The van der Waals surface area contributed by atoms with Crippen LogP contribution in [0.15, 0.2) is 18.5 Å². The van der Waals surface area contributed by atoms with Gasteiger partial charge >= 0.3 is 0 Å². The van der Waals surface area contributed by atoms with E-state index in [9.17, 15) is 0 Å². The van der Waals surface area contributed by atoms with Crippen molar-refractivity contribution in [2.75, 3.05) is 11.9 Å². The Morgan fingerprint density at radius 1 is 1.33 bits per heavy atom. The first kappa shape index (κ1) is 11.4. The lowest BCUT2D eigenvalue weighted by Gasteiger charge is -2.04. The molecule has 1 aliphatic heterocycles. The van der Waals surface area contributed by atoms with Crippen LogP contribution in [-0.2, 0) is 4.74 Å². The molecule has 6 nitrogen and oxygen atoms in total. The van der Waals surface area contributed by atoms with E-state index in [1.54, 1.807) is 6.07 Å². The lowest BCUT2D eigenvalue weighted by Crippen LogP contribution is -1.95. The fourth-order valence-electron chi connectivity index (χ4n) is 1.92. The van der Waals surface area contributed by atoms with Gasteiger partial charge in [0.05, 0.1) is 11.8 Å². The highest BCUT2D eigenvalue weighted by Crippen LogP contribution is 2.28. The van der Waals surface area contributed by atoms with Crippen LogP contribution in [0.1, 0.15) is 24.6 Å². The molecule has 0 radical (unpaired) electrons. The predicted octanol–water partition coefficient (Wildman–Crippen LogP) is 2.45. The van der Waals surface area contributed by atoms with Gasteiger partial charge in [0.15, 0.2) is 5.82 Å². The van der Waals surface area contributed by atoms with Gasteiger partial charge in [-0.2, -0.15) is 5.10 Å². The van der Waals surface area contributed by atoms with Crippen LogP contribution in [0.5, 0.6) is 0 Å². The van der Waals surface area contributed by atoms with Gasteiger partial charge in [0.1, 0.15) is 17.3 Å². The van der Waals surface area contributed by atoms with E-state index in [-0.39, 0.29) is 6.10 Å². The average molecular weight is 266 g/mol. The fraction of sp³-hybridized carbons (Fsp3) is 0.364. The first-order valence-electron chi connectivity index (χ1n) is 5.73. The lowest BCUT2D eigenvalue weighted by molar-refractivity contribution is 0.108. The number of hydrogen-bond donors (Lipinski definition) is 2. The molecule has 0 amide bonds. The van der Waals surface area contributed by atoms with E-state index in [1.807, 2.05) is 6.07 Å². The third kappa shape index (κ3) is 2.44. The second-order valence-corrected chi connectivity index (χ2v) is 4.45. The summed E-state index contributed by atoms with van der Waals surface area (Å²) in [6, 6.07) is 3.56. The molecule has 0 saturated carbocycles. The van der Waals surface area contributed by atoms with Gasteiger partial charge in [-0.25, -0.2) is 9.97 Å². The Balaban J connectivity index is 1.73. The highest BCUT2D eigenvalue weighted by molar-refractivity contribution is 6.29. The zero-order chi connectivity index (χ0) is 12.4. The van der Waals surface area contributed by atoms with Crippen molar-refractivity contribution in [3.63, 3.8) is 0 Å². The Morgan fingerprint density at radius 3 is 3.06 bits per heavy atom. The van der Waals surface area contributed by atoms with E-state index < -0.39 is 0 Å². The second kappa shape index (κ2) is 4.91. The van der Waals surface area contributed by atoms with Crippen molar-refractivity contribution in [2.45, 2.75) is 18.9 Å². The molecule has 1 saturated heterocycles. The van der Waals surface area contributed by atoms with Crippen LogP contribution in [0.25, 0.3) is 0 Å². The number of hydrogen-bond acceptors (Lipinski definition) is 5. The number of nitrogens with zero attached hydrogens (tertiary/aromatic N) is 3. The molecule has 0 bridgehead atoms. The Hall–Kier alpha value is -1.66. The van der Waals surface area contributed by atoms with Crippen LogP contribution in [0, 0.1) is 0 Å². The predicted molar refractivity (Wildman–Crippen MR) is 66.8 cm³/mol. The second-order valence-electron chi connectivity index (χ2n) is 4.06. The van der Waals surface area contributed by atoms with Crippen LogP contribution in [0.3, 0.4) is 0 Å². The molecule has 3 heterocycles. The summed E-state index contributed by atoms with van der Waals surface area (Å²) >= 11 is 5.78. The van der Waals surface area contributed by atoms with Crippen molar-refractivity contribution in [3.05, 3.63) is 29.3 Å². The SMILES string of the molecule is Clc1cc(Nc2cc(C3CCCO3)[nH]n2)ncn1. The lowest BCUT2D eigenvalue weighted by atomic mass is 10.2. The van der Waals surface area contributed by atoms with Gasteiger partial charge in [-0.3, -0.25) is 5.10 Å². The van der Waals surface area contributed by atoms with Crippen molar-refractivity contribution in [1.82, 2.24) is 20.2 Å². The molecule has 0 aromatic carbocycles. The van der Waals surface area contributed by atoms with Gasteiger partial charge in [0.25, 0.3) is 0 Å². The third-order valence-electron chi connectivity index (χ3n) is 2.76. The molecule has 1 fully saturated rings. The highest BCUT2D eigenvalue weighted by Gasteiger charge is 2.19. The maximum Gasteiger partial charge on any atom is 0.153 e. The molecule has 1 unspecified atom stereocenters. The Morgan fingerprint density at radius 2 is 2.28 bits per heavy atom. The van der Waals surface area contributed by atoms with Gasteiger partial charge in [0, 0.05) is 18.7 Å². The summed E-state index contributed by atoms with van der Waals surface area (Å²) in [7, 11) is 0. The van der Waals surface area contributed by atoms with Gasteiger partial charge < -0.3 is 10.1 Å². The van der Waals surface area contributed by atoms with Crippen LogP contribution in [0.2, 0.25) is 5.15 Å². The van der Waals surface area contributed by atoms with Crippen LogP contribution >= 0.6 is 11.6 Å². The Labute approximate surface area is 109 Å². The van der Waals surface area contributed by atoms with E-state index >= 15 is 0 Å². The van der Waals surface area contributed by atoms with Crippen LogP contribution in [-0.4, -0.2) is 26.8 Å². The smallest absolute Gasteiger partial charge is 0.153 e. The molecule has 0 aliphatic carbocycles. The molecule has 2 aromatic heterocycles. The zero-order valence-corrected chi connectivity index (χ0v) is 10.3. The van der Waals surface area contributed by atoms with Gasteiger partial charge in [0.2, 0.25) is 0 Å². The van der Waals surface area contributed by atoms with Gasteiger partial charge in [-0.05, 0) is 12.8 Å². The van der Waals surface area contributed by atoms with Crippen LogP contribution in [0.4, 0.5) is 11.6 Å². The Bertz CT molecular complexity index is 538. The van der Waals surface area contributed by atoms with E-state index in [1.165, 1.54) is 6.33 Å². The minimum absolute atomic E-state index is 0.127. The summed E-state index contributed by atoms with van der Waals surface area (Å²) in [5.74, 6) is 1.30. The molecule has 18 heavy (non-hydrogen) atoms. The summed E-state index contributed by atoms with van der Waals surface area (Å²) < 4.78 is 5.58. The summed E-state index contributed by atoms with van der Waals surface area (Å²) in [5, 5.41) is 10.6. The Kier molecular flexibility index (Phi) is 3.12. The van der Waals surface area contributed by atoms with Gasteiger partial charge in [-0.1, -0.05) is 11.6 Å². The largest absolute Gasteiger partial charge is 0.372 e. The maximum atomic E-state index is 5.78. The number of nitrogens with one attached hydrogen (secondary N) is 2. The number of halogens is 1. The number of rotatable bonds is 3. The molecule has 1 atom stereocenters. The quantitative estimate of drug-likeness (QED) is 0.834. The van der Waals surface area contributed by atoms with E-state index in [2.05, 4.69) is 25.5 Å². The molecule has 94 valence electrons. The van der Waals surface area contributed by atoms with E-state index in [4.69, 9.17) is 16.3 Å². The summed E-state index contributed by atoms with van der Waals surface area (Å²) in [5.41, 5.74) is 0.982. The number of H-pyrrole nitrogens is 1. The van der Waals surface area contributed by atoms with Crippen LogP contribution < -0.4 is 5.32 Å². The first-order valence-corrected chi connectivity index (χ1v) is 6.10. The maximum absolute atomic E-state index is 5.78. The minimum atomic E-state index is 0.127. The fourth-order valence-corrected chi connectivity index (χ4v) is 2.07. The number of aromatic nitrogens is 4. The molecule has 7 heteroatoms. The summed E-state index contributed by atoms with van der Waals surface area (Å²) in [6.07, 6.45) is 3.65. The average Bonchev–Trinajstić information content (AvgIpc) is 2.98. The van der Waals surface area contributed by atoms with Crippen molar-refractivity contribution in [3.8, 4) is 0 Å². The van der Waals surface area contributed by atoms with Crippen molar-refractivity contribution in [2.24, 2.45) is 0 Å². The molecule has 2 N–H and O–H groups in total. The summed E-state index contributed by atoms with van der Waals surface area (Å²) in [4.78, 5) is 7.87. The van der Waals surface area contributed by atoms with Gasteiger partial charge in [-0.15, -0.1) is 0 Å². The van der Waals surface area contributed by atoms with Crippen molar-refractivity contribution >= 4 is 23.2 Å². The zero-order valence-electron chi connectivity index (χ0n) is 9.56. The van der Waals surface area contributed by atoms with Crippen molar-refractivity contribution < 1.29 is 4.74 Å². The molecular formula is C11H12ClN5O. The third-order valence-corrected chi connectivity index (χ3v) is 2.97. The normalized spacial score (nSPS) is 19.1. The standard InChI is InChI=1S/C11H12ClN5O/c12-9-5-10(14-6-13-9)15-11-4-7(16-17-11)8-2-1-3-18-8/h4-6,8H,1-3H2,(H2,13,14,15,16,17). The number of ether oxygens (including phenoxy) is 1. The molecule has 0 spiro atoms. The molecular weight excluding hydrogens is 254 g/mol. The highest BCUT2D eigenvalue weighted by atomic mass is 35.5. The van der Waals surface area contributed by atoms with E-state index in [0.29, 0.717) is 16.8 Å². The number of anilines is 2. The summed E-state index contributed by atoms with van der Waals surface area (Å²) in [6.45, 7) is 0.813. The minimum Gasteiger partial charge on any atom is -0.372 e. The van der Waals surface area contributed by atoms with Crippen molar-refractivity contribution in [1.29, 1.82) is 0 Å². The molecule has 3 rings (SSSR count). The topological polar surface area (TPSA) is 75.7 Å². The monoisotopic (exact) mass is 265 g/mol.